The van der Waals surface area contributed by atoms with Crippen molar-refractivity contribution in [2.75, 3.05) is 40.9 Å². The SMILES string of the molecule is COc1cc2c(cc1OCCN(C)C)-c1c(-c3cccs3)cc(C(=O)NCC(C)(C)C)n1CC2. The summed E-state index contributed by atoms with van der Waals surface area (Å²) in [6, 6.07) is 10.4. The number of ether oxygens (including phenoxy) is 2. The molecule has 7 heteroatoms. The lowest BCUT2D eigenvalue weighted by atomic mass is 9.95. The van der Waals surface area contributed by atoms with Crippen LogP contribution >= 0.6 is 11.3 Å². The Kier molecular flexibility index (Phi) is 7.05. The third-order valence-corrected chi connectivity index (χ3v) is 6.84. The van der Waals surface area contributed by atoms with Crippen molar-refractivity contribution >= 4 is 17.2 Å². The molecule has 182 valence electrons. The summed E-state index contributed by atoms with van der Waals surface area (Å²) in [5, 5.41) is 5.21. The van der Waals surface area contributed by atoms with Gasteiger partial charge in [-0.2, -0.15) is 0 Å². The molecule has 3 aromatic rings. The molecule has 0 radical (unpaired) electrons. The van der Waals surface area contributed by atoms with Crippen molar-refractivity contribution in [1.29, 1.82) is 0 Å². The largest absolute Gasteiger partial charge is 0.493 e. The standard InChI is InChI=1S/C27H35N3O3S/c1-27(2,3)17-28-26(31)21-15-20(24-8-7-13-34-24)25-19-16-23(33-12-11-29(4)5)22(32-6)14-18(19)9-10-30(21)25/h7-8,13-16H,9-12,17H2,1-6H3,(H,28,31). The molecule has 1 aromatic carbocycles. The number of aromatic nitrogens is 1. The summed E-state index contributed by atoms with van der Waals surface area (Å²) in [7, 11) is 5.74. The van der Waals surface area contributed by atoms with Crippen molar-refractivity contribution in [3.63, 3.8) is 0 Å². The van der Waals surface area contributed by atoms with Gasteiger partial charge in [-0.1, -0.05) is 26.8 Å². The minimum absolute atomic E-state index is 0.0194. The van der Waals surface area contributed by atoms with E-state index in [1.807, 2.05) is 20.2 Å². The molecule has 4 rings (SSSR count). The number of aryl methyl sites for hydroxylation is 1. The van der Waals surface area contributed by atoms with Gasteiger partial charge in [0.15, 0.2) is 11.5 Å². The average molecular weight is 482 g/mol. The summed E-state index contributed by atoms with van der Waals surface area (Å²) >= 11 is 1.69. The molecular weight excluding hydrogens is 446 g/mol. The molecule has 0 atom stereocenters. The number of nitrogens with zero attached hydrogens (tertiary/aromatic N) is 2. The van der Waals surface area contributed by atoms with Gasteiger partial charge in [0.1, 0.15) is 12.3 Å². The average Bonchev–Trinajstić information content (AvgIpc) is 3.44. The van der Waals surface area contributed by atoms with E-state index in [0.29, 0.717) is 18.8 Å². The van der Waals surface area contributed by atoms with E-state index in [2.05, 4.69) is 65.2 Å². The number of amides is 1. The van der Waals surface area contributed by atoms with Crippen LogP contribution in [-0.4, -0.2) is 56.3 Å². The number of carbonyl (C=O) groups excluding carboxylic acids is 1. The van der Waals surface area contributed by atoms with Crippen LogP contribution in [-0.2, 0) is 13.0 Å². The third-order valence-electron chi connectivity index (χ3n) is 5.94. The van der Waals surface area contributed by atoms with Gasteiger partial charge in [0.25, 0.3) is 5.91 Å². The highest BCUT2D eigenvalue weighted by Crippen LogP contribution is 2.45. The number of methoxy groups -OCH3 is 1. The highest BCUT2D eigenvalue weighted by molar-refractivity contribution is 7.13. The van der Waals surface area contributed by atoms with Gasteiger partial charge >= 0.3 is 0 Å². The Hall–Kier alpha value is -2.77. The highest BCUT2D eigenvalue weighted by atomic mass is 32.1. The number of fused-ring (bicyclic) bond motifs is 3. The molecule has 0 spiro atoms. The van der Waals surface area contributed by atoms with Gasteiger partial charge < -0.3 is 24.3 Å². The summed E-state index contributed by atoms with van der Waals surface area (Å²) < 4.78 is 14.0. The molecule has 3 heterocycles. The molecule has 1 aliphatic heterocycles. The molecule has 2 aromatic heterocycles. The van der Waals surface area contributed by atoms with Gasteiger partial charge in [-0.25, -0.2) is 0 Å². The van der Waals surface area contributed by atoms with E-state index in [0.717, 1.165) is 52.7 Å². The first-order chi connectivity index (χ1) is 16.2. The van der Waals surface area contributed by atoms with E-state index in [9.17, 15) is 4.79 Å². The second-order valence-electron chi connectivity index (χ2n) is 10.2. The van der Waals surface area contributed by atoms with Crippen molar-refractivity contribution in [3.05, 3.63) is 47.0 Å². The fraction of sp³-hybridized carbons (Fsp3) is 0.444. The lowest BCUT2D eigenvalue weighted by molar-refractivity contribution is 0.0930. The number of hydrogen-bond acceptors (Lipinski definition) is 5. The van der Waals surface area contributed by atoms with Crippen LogP contribution in [0.15, 0.2) is 35.7 Å². The van der Waals surface area contributed by atoms with Crippen LogP contribution in [0.3, 0.4) is 0 Å². The predicted molar refractivity (Wildman–Crippen MR) is 139 cm³/mol. The first-order valence-electron chi connectivity index (χ1n) is 11.7. The van der Waals surface area contributed by atoms with Crippen LogP contribution in [0.2, 0.25) is 0 Å². The van der Waals surface area contributed by atoms with E-state index in [1.54, 1.807) is 18.4 Å². The van der Waals surface area contributed by atoms with E-state index in [1.165, 1.54) is 5.56 Å². The number of carbonyl (C=O) groups is 1. The Morgan fingerprint density at radius 1 is 1.18 bits per heavy atom. The Morgan fingerprint density at radius 2 is 1.97 bits per heavy atom. The molecule has 0 unspecified atom stereocenters. The van der Waals surface area contributed by atoms with Gasteiger partial charge in [-0.3, -0.25) is 4.79 Å². The summed E-state index contributed by atoms with van der Waals surface area (Å²) in [5.74, 6) is 1.45. The normalized spacial score (nSPS) is 12.9. The lowest BCUT2D eigenvalue weighted by Gasteiger charge is -2.25. The summed E-state index contributed by atoms with van der Waals surface area (Å²) in [6.07, 6.45) is 0.828. The Bertz CT molecular complexity index is 1160. The lowest BCUT2D eigenvalue weighted by Crippen LogP contribution is -2.33. The van der Waals surface area contributed by atoms with E-state index in [4.69, 9.17) is 9.47 Å². The van der Waals surface area contributed by atoms with Crippen molar-refractivity contribution in [2.24, 2.45) is 5.41 Å². The number of benzene rings is 1. The second-order valence-corrected chi connectivity index (χ2v) is 11.2. The zero-order chi connectivity index (χ0) is 24.5. The van der Waals surface area contributed by atoms with Crippen LogP contribution in [0.4, 0.5) is 0 Å². The van der Waals surface area contributed by atoms with E-state index in [-0.39, 0.29) is 11.3 Å². The Balaban J connectivity index is 1.79. The molecule has 6 nitrogen and oxygen atoms in total. The molecule has 1 amide bonds. The maximum atomic E-state index is 13.3. The molecule has 0 saturated heterocycles. The predicted octanol–water partition coefficient (Wildman–Crippen LogP) is 5.16. The van der Waals surface area contributed by atoms with Crippen molar-refractivity contribution < 1.29 is 14.3 Å². The zero-order valence-electron chi connectivity index (χ0n) is 21.0. The monoisotopic (exact) mass is 481 g/mol. The number of thiophene rings is 1. The molecule has 0 saturated carbocycles. The van der Waals surface area contributed by atoms with Crippen LogP contribution < -0.4 is 14.8 Å². The van der Waals surface area contributed by atoms with Crippen LogP contribution in [0.1, 0.15) is 36.8 Å². The van der Waals surface area contributed by atoms with Gasteiger partial charge in [0, 0.05) is 35.6 Å². The zero-order valence-corrected chi connectivity index (χ0v) is 21.8. The highest BCUT2D eigenvalue weighted by Gasteiger charge is 2.28. The molecule has 1 aliphatic rings. The quantitative estimate of drug-likeness (QED) is 0.483. The minimum atomic E-state index is -0.0293. The second kappa shape index (κ2) is 9.84. The molecule has 1 N–H and O–H groups in total. The fourth-order valence-electron chi connectivity index (χ4n) is 4.19. The van der Waals surface area contributed by atoms with Crippen LogP contribution in [0, 0.1) is 5.41 Å². The summed E-state index contributed by atoms with van der Waals surface area (Å²) in [4.78, 5) is 16.5. The molecule has 0 aliphatic carbocycles. The van der Waals surface area contributed by atoms with Gasteiger partial charge in [0.05, 0.1) is 12.8 Å². The first kappa shape index (κ1) is 24.4. The topological polar surface area (TPSA) is 55.7 Å². The number of nitrogens with one attached hydrogen (secondary N) is 1. The van der Waals surface area contributed by atoms with Crippen LogP contribution in [0.25, 0.3) is 21.7 Å². The van der Waals surface area contributed by atoms with Gasteiger partial charge in [0.2, 0.25) is 0 Å². The third kappa shape index (κ3) is 5.15. The molecule has 0 fully saturated rings. The Labute approximate surface area is 206 Å². The summed E-state index contributed by atoms with van der Waals surface area (Å²) in [6.45, 7) is 9.13. The molecule has 34 heavy (non-hydrogen) atoms. The van der Waals surface area contributed by atoms with Gasteiger partial charge in [-0.15, -0.1) is 11.3 Å². The van der Waals surface area contributed by atoms with E-state index < -0.39 is 0 Å². The number of rotatable bonds is 8. The van der Waals surface area contributed by atoms with Gasteiger partial charge in [-0.05, 0) is 61.1 Å². The molecular formula is C27H35N3O3S. The maximum absolute atomic E-state index is 13.3. The van der Waals surface area contributed by atoms with Crippen molar-refractivity contribution in [2.45, 2.75) is 33.7 Å². The molecule has 0 bridgehead atoms. The van der Waals surface area contributed by atoms with Crippen molar-refractivity contribution in [3.8, 4) is 33.2 Å². The number of hydrogen-bond donors (Lipinski definition) is 1. The van der Waals surface area contributed by atoms with E-state index >= 15 is 0 Å². The fourth-order valence-corrected chi connectivity index (χ4v) is 4.93. The summed E-state index contributed by atoms with van der Waals surface area (Å²) in [5.41, 5.74) is 5.20. The maximum Gasteiger partial charge on any atom is 0.267 e. The first-order valence-corrected chi connectivity index (χ1v) is 12.6. The Morgan fingerprint density at radius 3 is 2.62 bits per heavy atom. The number of likely N-dealkylation sites (N-methyl/N-ethyl adjacent to an activating group) is 1. The minimum Gasteiger partial charge on any atom is -0.493 e. The smallest absolute Gasteiger partial charge is 0.267 e. The van der Waals surface area contributed by atoms with Crippen LogP contribution in [0.5, 0.6) is 11.5 Å². The van der Waals surface area contributed by atoms with Crippen molar-refractivity contribution in [1.82, 2.24) is 14.8 Å².